The first-order chi connectivity index (χ1) is 7.86. The number of hydrogen-bond donors (Lipinski definition) is 2. The van der Waals surface area contributed by atoms with Crippen molar-refractivity contribution in [2.45, 2.75) is 6.42 Å². The summed E-state index contributed by atoms with van der Waals surface area (Å²) in [5.74, 6) is 0. The minimum atomic E-state index is 0. The first kappa shape index (κ1) is 16.4. The maximum atomic E-state index is 6.15. The minimum Gasteiger partial charge on any atom is -0.870 e. The number of aromatic amines is 1. The molecule has 90 valence electrons. The van der Waals surface area contributed by atoms with Crippen LogP contribution in [0.5, 0.6) is 0 Å². The van der Waals surface area contributed by atoms with E-state index < -0.39 is 0 Å². The van der Waals surface area contributed by atoms with E-state index in [9.17, 15) is 0 Å². The quantitative estimate of drug-likeness (QED) is 0.727. The van der Waals surface area contributed by atoms with Crippen molar-refractivity contribution >= 4 is 28.1 Å². The summed E-state index contributed by atoms with van der Waals surface area (Å²) < 4.78 is 0. The number of benzene rings is 1. The zero-order valence-electron chi connectivity index (χ0n) is 10.3. The van der Waals surface area contributed by atoms with E-state index in [2.05, 4.69) is 28.6 Å². The molecule has 0 radical (unpaired) electrons. The summed E-state index contributed by atoms with van der Waals surface area (Å²) in [6.07, 6.45) is 5.40. The van der Waals surface area contributed by atoms with Crippen LogP contribution in [-0.2, 0) is 0 Å². The number of rotatable bonds is 1. The zero-order chi connectivity index (χ0) is 11.0. The van der Waals surface area contributed by atoms with Crippen molar-refractivity contribution in [1.29, 1.82) is 0 Å². The maximum absolute atomic E-state index is 6.15. The minimum absolute atomic E-state index is 0. The molecule has 1 aromatic heterocycles. The Labute approximate surface area is 154 Å². The van der Waals surface area contributed by atoms with Gasteiger partial charge in [-0.3, -0.25) is 0 Å². The van der Waals surface area contributed by atoms with Gasteiger partial charge in [-0.15, -0.1) is 0 Å². The van der Waals surface area contributed by atoms with Crippen LogP contribution in [0.4, 0.5) is 0 Å². The van der Waals surface area contributed by atoms with E-state index in [-0.39, 0.29) is 56.9 Å². The molecule has 18 heavy (non-hydrogen) atoms. The van der Waals surface area contributed by atoms with Crippen LogP contribution >= 0.6 is 11.6 Å². The molecule has 0 unspecified atom stereocenters. The summed E-state index contributed by atoms with van der Waals surface area (Å²) in [6, 6.07) is 6.04. The summed E-state index contributed by atoms with van der Waals surface area (Å²) in [5.41, 5.74) is 3.74. The van der Waals surface area contributed by atoms with Gasteiger partial charge in [0.15, 0.2) is 0 Å². The van der Waals surface area contributed by atoms with Crippen LogP contribution in [0.25, 0.3) is 16.5 Å². The molecule has 5 heteroatoms. The molecule has 0 spiro atoms. The average Bonchev–Trinajstić information content (AvgIpc) is 2.75. The molecule has 0 saturated carbocycles. The summed E-state index contributed by atoms with van der Waals surface area (Å²) in [5, 5.41) is 5.34. The van der Waals surface area contributed by atoms with Gasteiger partial charge >= 0.3 is 51.4 Å². The normalized spacial score (nSPS) is 14.6. The van der Waals surface area contributed by atoms with Crippen LogP contribution in [0.15, 0.2) is 30.5 Å². The maximum Gasteiger partial charge on any atom is 1.00 e. The van der Waals surface area contributed by atoms with E-state index in [0.29, 0.717) is 0 Å². The van der Waals surface area contributed by atoms with Gasteiger partial charge in [0.25, 0.3) is 0 Å². The van der Waals surface area contributed by atoms with Gasteiger partial charge in [0.05, 0.1) is 10.5 Å². The molecule has 1 aliphatic rings. The molecule has 2 aromatic rings. The van der Waals surface area contributed by atoms with Gasteiger partial charge in [-0.25, -0.2) is 0 Å². The van der Waals surface area contributed by atoms with Gasteiger partial charge in [0.1, 0.15) is 0 Å². The van der Waals surface area contributed by atoms with E-state index in [1.165, 1.54) is 16.5 Å². The van der Waals surface area contributed by atoms with Crippen LogP contribution in [0.3, 0.4) is 0 Å². The molecule has 3 nitrogen and oxygen atoms in total. The van der Waals surface area contributed by atoms with Crippen molar-refractivity contribution in [3.8, 4) is 0 Å². The number of hydrogen-bond acceptors (Lipinski definition) is 2. The van der Waals surface area contributed by atoms with Crippen molar-refractivity contribution < 1.29 is 56.9 Å². The number of fused-ring (bicyclic) bond motifs is 1. The van der Waals surface area contributed by atoms with Gasteiger partial charge < -0.3 is 15.8 Å². The van der Waals surface area contributed by atoms with Gasteiger partial charge in [-0.05, 0) is 24.6 Å². The molecule has 0 amide bonds. The fourth-order valence-corrected chi connectivity index (χ4v) is 2.48. The molecule has 0 saturated heterocycles. The fourth-order valence-electron chi connectivity index (χ4n) is 2.25. The van der Waals surface area contributed by atoms with Crippen molar-refractivity contribution in [1.82, 2.24) is 10.3 Å². The van der Waals surface area contributed by atoms with Crippen LogP contribution in [-0.4, -0.2) is 23.5 Å². The number of halogens is 1. The number of H-pyrrole nitrogens is 1. The van der Waals surface area contributed by atoms with Crippen LogP contribution in [0.2, 0.25) is 5.02 Å². The van der Waals surface area contributed by atoms with Gasteiger partial charge in [-0.2, -0.15) is 0 Å². The molecule has 0 fully saturated rings. The Morgan fingerprint density at radius 3 is 2.78 bits per heavy atom. The summed E-state index contributed by atoms with van der Waals surface area (Å²) in [6.45, 7) is 2.02. The molecule has 2 heterocycles. The third kappa shape index (κ3) is 3.08. The molecule has 3 rings (SSSR count). The van der Waals surface area contributed by atoms with Crippen LogP contribution in [0.1, 0.15) is 12.0 Å². The third-order valence-corrected chi connectivity index (χ3v) is 3.39. The second kappa shape index (κ2) is 7.21. The Kier molecular flexibility index (Phi) is 6.57. The van der Waals surface area contributed by atoms with E-state index in [0.717, 1.165) is 30.0 Å². The molecule has 1 aromatic carbocycles. The molecule has 0 bridgehead atoms. The Bertz CT molecular complexity index is 565. The number of aromatic nitrogens is 1. The van der Waals surface area contributed by atoms with Gasteiger partial charge in [0.2, 0.25) is 0 Å². The second-order valence-electron chi connectivity index (χ2n) is 4.05. The van der Waals surface area contributed by atoms with Gasteiger partial charge in [-0.1, -0.05) is 29.8 Å². The van der Waals surface area contributed by atoms with E-state index in [1.54, 1.807) is 0 Å². The Morgan fingerprint density at radius 1 is 1.22 bits per heavy atom. The Morgan fingerprint density at radius 2 is 2.06 bits per heavy atom. The Balaban J connectivity index is 0.000000810. The van der Waals surface area contributed by atoms with Crippen molar-refractivity contribution in [3.05, 3.63) is 41.1 Å². The van der Waals surface area contributed by atoms with E-state index in [1.807, 2.05) is 12.1 Å². The summed E-state index contributed by atoms with van der Waals surface area (Å²) in [7, 11) is 0. The van der Waals surface area contributed by atoms with Crippen molar-refractivity contribution in [2.24, 2.45) is 0 Å². The van der Waals surface area contributed by atoms with Crippen molar-refractivity contribution in [3.63, 3.8) is 0 Å². The monoisotopic (exact) mass is 288 g/mol. The first-order valence-corrected chi connectivity index (χ1v) is 5.90. The molecular formula is C13H14ClKN2O. The molecule has 1 aliphatic heterocycles. The molecule has 0 atom stereocenters. The standard InChI is InChI=1S/C13H13ClN2.K.H2O/c14-12-3-1-2-10-11(8-16-13(10)12)9-4-6-15-7-5-9;;/h1-4,8,15-16H,5-7H2;;1H2/q;+1;/p-1. The number of nitrogens with one attached hydrogen (secondary N) is 2. The average molecular weight is 289 g/mol. The molecule has 0 aliphatic carbocycles. The van der Waals surface area contributed by atoms with E-state index in [4.69, 9.17) is 11.6 Å². The predicted molar refractivity (Wildman–Crippen MR) is 70.7 cm³/mol. The largest absolute Gasteiger partial charge is 1.00 e. The summed E-state index contributed by atoms with van der Waals surface area (Å²) in [4.78, 5) is 3.26. The third-order valence-electron chi connectivity index (χ3n) is 3.07. The molecular weight excluding hydrogens is 275 g/mol. The Hall–Kier alpha value is 0.346. The SMILES string of the molecule is Clc1cccc2c(C3=CCNCC3)c[nH]c12.[K+].[OH-]. The molecule has 3 N–H and O–H groups in total. The predicted octanol–water partition coefficient (Wildman–Crippen LogP) is 0.0252. The van der Waals surface area contributed by atoms with Crippen LogP contribution in [0, 0.1) is 0 Å². The second-order valence-corrected chi connectivity index (χ2v) is 4.46. The van der Waals surface area contributed by atoms with Crippen molar-refractivity contribution in [2.75, 3.05) is 13.1 Å². The van der Waals surface area contributed by atoms with E-state index >= 15 is 0 Å². The fraction of sp³-hybridized carbons (Fsp3) is 0.231. The summed E-state index contributed by atoms with van der Waals surface area (Å²) >= 11 is 6.15. The van der Waals surface area contributed by atoms with Gasteiger partial charge in [0, 0.05) is 23.7 Å². The first-order valence-electron chi connectivity index (χ1n) is 5.52. The zero-order valence-corrected chi connectivity index (χ0v) is 14.2. The number of para-hydroxylation sites is 1. The van der Waals surface area contributed by atoms with Crippen LogP contribution < -0.4 is 56.7 Å². The topological polar surface area (TPSA) is 57.8 Å². The smallest absolute Gasteiger partial charge is 0.870 e.